The minimum Gasteiger partial charge on any atom is -0.211 e. The summed E-state index contributed by atoms with van der Waals surface area (Å²) in [6.45, 7) is 0.356. The monoisotopic (exact) mass is 302 g/mol. The van der Waals surface area contributed by atoms with Gasteiger partial charge in [-0.2, -0.15) is 4.31 Å². The fraction of sp³-hybridized carbons (Fsp3) is 0.417. The summed E-state index contributed by atoms with van der Waals surface area (Å²) >= 11 is 0. The molecule has 1 aliphatic heterocycles. The number of halogens is 2. The Morgan fingerprint density at radius 1 is 1.20 bits per heavy atom. The zero-order valence-electron chi connectivity index (χ0n) is 10.4. The second kappa shape index (κ2) is 5.78. The summed E-state index contributed by atoms with van der Waals surface area (Å²) in [4.78, 5) is 13.4. The fourth-order valence-corrected chi connectivity index (χ4v) is 3.55. The number of carbonyl (C=O) groups excluding carboxylic acids is 1. The van der Waals surface area contributed by atoms with Crippen LogP contribution in [-0.2, 0) is 14.8 Å². The third kappa shape index (κ3) is 2.92. The van der Waals surface area contributed by atoms with Crippen LogP contribution in [0.3, 0.4) is 0 Å². The van der Waals surface area contributed by atoms with Crippen molar-refractivity contribution in [2.45, 2.75) is 23.8 Å². The predicted octanol–water partition coefficient (Wildman–Crippen LogP) is 1.45. The smallest absolute Gasteiger partial charge is 0.211 e. The Bertz CT molecular complexity index is 649. The summed E-state index contributed by atoms with van der Waals surface area (Å²) in [5.74, 6) is -2.30. The molecule has 1 saturated heterocycles. The van der Waals surface area contributed by atoms with E-state index in [1.807, 2.05) is 0 Å². The number of rotatable bonds is 3. The highest BCUT2D eigenvalue weighted by Crippen LogP contribution is 2.23. The Labute approximate surface area is 115 Å². The lowest BCUT2D eigenvalue weighted by molar-refractivity contribution is 0.320. The number of aliphatic imine (C=N–C) groups is 1. The number of benzene rings is 1. The maximum absolute atomic E-state index is 13.1. The SMILES string of the molecule is O=C=NC1CCN(S(=O)(=O)c2ccc(F)c(F)c2)CC1. The standard InChI is InChI=1S/C12H12F2N2O3S/c13-11-2-1-10(7-12(11)14)20(18,19)16-5-3-9(4-6-16)15-8-17/h1-2,7,9H,3-6H2. The quantitative estimate of drug-likeness (QED) is 0.627. The van der Waals surface area contributed by atoms with Crippen LogP contribution in [0.1, 0.15) is 12.8 Å². The summed E-state index contributed by atoms with van der Waals surface area (Å²) in [7, 11) is -3.85. The molecular weight excluding hydrogens is 290 g/mol. The van der Waals surface area contributed by atoms with Crippen molar-refractivity contribution < 1.29 is 22.0 Å². The highest BCUT2D eigenvalue weighted by Gasteiger charge is 2.29. The van der Waals surface area contributed by atoms with Crippen LogP contribution < -0.4 is 0 Å². The fourth-order valence-electron chi connectivity index (χ4n) is 2.07. The zero-order valence-corrected chi connectivity index (χ0v) is 11.2. The summed E-state index contributed by atoms with van der Waals surface area (Å²) < 4.78 is 51.6. The molecule has 0 radical (unpaired) electrons. The van der Waals surface area contributed by atoms with Crippen molar-refractivity contribution in [3.8, 4) is 0 Å². The van der Waals surface area contributed by atoms with Gasteiger partial charge in [0.25, 0.3) is 0 Å². The molecule has 1 aromatic rings. The lowest BCUT2D eigenvalue weighted by Gasteiger charge is -2.28. The molecule has 8 heteroatoms. The van der Waals surface area contributed by atoms with Gasteiger partial charge in [0.15, 0.2) is 11.6 Å². The van der Waals surface area contributed by atoms with Gasteiger partial charge in [-0.3, -0.25) is 0 Å². The maximum Gasteiger partial charge on any atom is 0.243 e. The largest absolute Gasteiger partial charge is 0.243 e. The molecular formula is C12H12F2N2O3S. The van der Waals surface area contributed by atoms with Gasteiger partial charge in [-0.05, 0) is 31.0 Å². The van der Waals surface area contributed by atoms with Crippen molar-refractivity contribution in [2.75, 3.05) is 13.1 Å². The van der Waals surface area contributed by atoms with Crippen molar-refractivity contribution in [3.05, 3.63) is 29.8 Å². The molecule has 0 N–H and O–H groups in total. The predicted molar refractivity (Wildman–Crippen MR) is 66.3 cm³/mol. The van der Waals surface area contributed by atoms with Crippen LogP contribution >= 0.6 is 0 Å². The molecule has 5 nitrogen and oxygen atoms in total. The number of nitrogens with zero attached hydrogens (tertiary/aromatic N) is 2. The molecule has 0 aromatic heterocycles. The van der Waals surface area contributed by atoms with Gasteiger partial charge in [0.05, 0.1) is 10.9 Å². The Morgan fingerprint density at radius 2 is 1.85 bits per heavy atom. The summed E-state index contributed by atoms with van der Waals surface area (Å²) in [6, 6.07) is 2.25. The number of isocyanates is 1. The van der Waals surface area contributed by atoms with Gasteiger partial charge in [-0.1, -0.05) is 0 Å². The summed E-state index contributed by atoms with van der Waals surface area (Å²) in [5.41, 5.74) is 0. The van der Waals surface area contributed by atoms with Crippen LogP contribution in [0, 0.1) is 11.6 Å². The van der Waals surface area contributed by atoms with Crippen LogP contribution in [0.2, 0.25) is 0 Å². The highest BCUT2D eigenvalue weighted by molar-refractivity contribution is 7.89. The van der Waals surface area contributed by atoms with E-state index in [9.17, 15) is 22.0 Å². The molecule has 0 atom stereocenters. The Balaban J connectivity index is 2.19. The van der Waals surface area contributed by atoms with Crippen LogP contribution in [-0.4, -0.2) is 37.9 Å². The number of hydrogen-bond donors (Lipinski definition) is 0. The van der Waals surface area contributed by atoms with Gasteiger partial charge < -0.3 is 0 Å². The van der Waals surface area contributed by atoms with Crippen LogP contribution in [0.15, 0.2) is 28.1 Å². The van der Waals surface area contributed by atoms with Crippen molar-refractivity contribution in [2.24, 2.45) is 4.99 Å². The second-order valence-corrected chi connectivity index (χ2v) is 6.37. The third-order valence-corrected chi connectivity index (χ3v) is 5.08. The molecule has 2 rings (SSSR count). The van der Waals surface area contributed by atoms with E-state index in [4.69, 9.17) is 0 Å². The van der Waals surface area contributed by atoms with E-state index in [0.29, 0.717) is 18.9 Å². The Hall–Kier alpha value is -1.63. The average Bonchev–Trinajstić information content (AvgIpc) is 2.43. The number of piperidine rings is 1. The molecule has 1 aromatic carbocycles. The van der Waals surface area contributed by atoms with Gasteiger partial charge in [0, 0.05) is 13.1 Å². The van der Waals surface area contributed by atoms with Gasteiger partial charge in [0.2, 0.25) is 16.1 Å². The van der Waals surface area contributed by atoms with Gasteiger partial charge >= 0.3 is 0 Å². The summed E-state index contributed by atoms with van der Waals surface area (Å²) in [5, 5.41) is 0. The van der Waals surface area contributed by atoms with Crippen molar-refractivity contribution in [1.82, 2.24) is 4.31 Å². The number of hydrogen-bond acceptors (Lipinski definition) is 4. The van der Waals surface area contributed by atoms with E-state index in [0.717, 1.165) is 12.1 Å². The molecule has 20 heavy (non-hydrogen) atoms. The van der Waals surface area contributed by atoms with E-state index in [1.54, 1.807) is 0 Å². The van der Waals surface area contributed by atoms with E-state index in [2.05, 4.69) is 4.99 Å². The van der Waals surface area contributed by atoms with Crippen LogP contribution in [0.25, 0.3) is 0 Å². The lowest BCUT2D eigenvalue weighted by Crippen LogP contribution is -2.39. The van der Waals surface area contributed by atoms with Crippen molar-refractivity contribution >= 4 is 16.1 Å². The zero-order chi connectivity index (χ0) is 14.8. The van der Waals surface area contributed by atoms with Gasteiger partial charge in [0.1, 0.15) is 0 Å². The molecule has 0 unspecified atom stereocenters. The molecule has 1 fully saturated rings. The molecule has 0 saturated carbocycles. The topological polar surface area (TPSA) is 66.8 Å². The normalized spacial score (nSPS) is 17.7. The first-order valence-electron chi connectivity index (χ1n) is 5.97. The average molecular weight is 302 g/mol. The molecule has 0 spiro atoms. The first kappa shape index (κ1) is 14.8. The Kier molecular flexibility index (Phi) is 4.27. The van der Waals surface area contributed by atoms with E-state index >= 15 is 0 Å². The van der Waals surface area contributed by atoms with Crippen molar-refractivity contribution in [1.29, 1.82) is 0 Å². The molecule has 108 valence electrons. The second-order valence-electron chi connectivity index (χ2n) is 4.43. The highest BCUT2D eigenvalue weighted by atomic mass is 32.2. The molecule has 0 bridgehead atoms. The molecule has 0 aliphatic carbocycles. The van der Waals surface area contributed by atoms with E-state index in [1.165, 1.54) is 10.4 Å². The van der Waals surface area contributed by atoms with Gasteiger partial charge in [-0.15, -0.1) is 0 Å². The summed E-state index contributed by atoms with van der Waals surface area (Å²) in [6.07, 6.45) is 2.25. The minimum absolute atomic E-state index is 0.178. The minimum atomic E-state index is -3.85. The van der Waals surface area contributed by atoms with Crippen LogP contribution in [0.4, 0.5) is 8.78 Å². The first-order chi connectivity index (χ1) is 9.45. The first-order valence-corrected chi connectivity index (χ1v) is 7.41. The van der Waals surface area contributed by atoms with E-state index in [-0.39, 0.29) is 24.0 Å². The van der Waals surface area contributed by atoms with E-state index < -0.39 is 21.7 Å². The van der Waals surface area contributed by atoms with Crippen molar-refractivity contribution in [3.63, 3.8) is 0 Å². The number of sulfonamides is 1. The lowest BCUT2D eigenvalue weighted by atomic mass is 10.1. The Morgan fingerprint density at radius 3 is 2.40 bits per heavy atom. The molecule has 0 amide bonds. The third-order valence-electron chi connectivity index (χ3n) is 3.19. The van der Waals surface area contributed by atoms with Crippen LogP contribution in [0.5, 0.6) is 0 Å². The maximum atomic E-state index is 13.1. The molecule has 1 aliphatic rings. The molecule has 1 heterocycles. The van der Waals surface area contributed by atoms with Gasteiger partial charge in [-0.25, -0.2) is 27.0 Å².